The summed E-state index contributed by atoms with van der Waals surface area (Å²) >= 11 is 0. The fourth-order valence-corrected chi connectivity index (χ4v) is 2.50. The van der Waals surface area contributed by atoms with Gasteiger partial charge in [0.15, 0.2) is 5.82 Å². The fourth-order valence-electron chi connectivity index (χ4n) is 2.50. The van der Waals surface area contributed by atoms with Crippen molar-refractivity contribution < 1.29 is 0 Å². The topological polar surface area (TPSA) is 53.6 Å². The molecular weight excluding hydrogens is 224 g/mol. The maximum absolute atomic E-state index is 4.67. The quantitative estimate of drug-likeness (QED) is 0.849. The van der Waals surface area contributed by atoms with Crippen molar-refractivity contribution in [1.82, 2.24) is 20.5 Å². The molecule has 1 aromatic carbocycles. The monoisotopic (exact) mass is 242 g/mol. The van der Waals surface area contributed by atoms with Crippen LogP contribution in [0.25, 0.3) is 11.4 Å². The summed E-state index contributed by atoms with van der Waals surface area (Å²) in [5, 5.41) is 10.8. The molecule has 0 spiro atoms. The van der Waals surface area contributed by atoms with E-state index in [1.165, 1.54) is 5.56 Å². The number of rotatable bonds is 2. The van der Waals surface area contributed by atoms with Gasteiger partial charge in [-0.15, -0.1) is 0 Å². The number of hydrogen-bond donors (Lipinski definition) is 2. The summed E-state index contributed by atoms with van der Waals surface area (Å²) in [6, 6.07) is 8.24. The molecule has 2 N–H and O–H groups in total. The van der Waals surface area contributed by atoms with E-state index < -0.39 is 0 Å². The number of aromatic amines is 1. The molecule has 2 aromatic rings. The van der Waals surface area contributed by atoms with Gasteiger partial charge in [0.05, 0.1) is 0 Å². The van der Waals surface area contributed by atoms with Crippen molar-refractivity contribution in [1.29, 1.82) is 0 Å². The molecule has 0 aliphatic carbocycles. The third-order valence-electron chi connectivity index (χ3n) is 3.61. The van der Waals surface area contributed by atoms with Crippen LogP contribution in [0.5, 0.6) is 0 Å². The highest BCUT2D eigenvalue weighted by atomic mass is 15.2. The van der Waals surface area contributed by atoms with Crippen molar-refractivity contribution in [3.05, 3.63) is 35.7 Å². The summed E-state index contributed by atoms with van der Waals surface area (Å²) in [7, 11) is 0. The second kappa shape index (κ2) is 4.90. The van der Waals surface area contributed by atoms with Crippen molar-refractivity contribution in [2.24, 2.45) is 0 Å². The van der Waals surface area contributed by atoms with Gasteiger partial charge in [-0.2, -0.15) is 5.10 Å². The van der Waals surface area contributed by atoms with Crippen molar-refractivity contribution in [3.63, 3.8) is 0 Å². The second-order valence-electron chi connectivity index (χ2n) is 4.88. The maximum atomic E-state index is 4.67. The highest BCUT2D eigenvalue weighted by Crippen LogP contribution is 2.25. The predicted molar refractivity (Wildman–Crippen MR) is 71.4 cm³/mol. The number of nitrogens with zero attached hydrogens (tertiary/aromatic N) is 2. The minimum Gasteiger partial charge on any atom is -0.317 e. The molecule has 0 radical (unpaired) electrons. The molecule has 4 nitrogen and oxygen atoms in total. The first kappa shape index (κ1) is 11.4. The minimum atomic E-state index is 0.525. The van der Waals surface area contributed by atoms with Crippen molar-refractivity contribution in [3.8, 4) is 11.4 Å². The average Bonchev–Trinajstić information content (AvgIpc) is 2.90. The van der Waals surface area contributed by atoms with Crippen LogP contribution in [0.3, 0.4) is 0 Å². The third-order valence-corrected chi connectivity index (χ3v) is 3.61. The van der Waals surface area contributed by atoms with Gasteiger partial charge in [0.2, 0.25) is 0 Å². The van der Waals surface area contributed by atoms with E-state index in [0.29, 0.717) is 5.92 Å². The Morgan fingerprint density at radius 3 is 2.72 bits per heavy atom. The lowest BCUT2D eigenvalue weighted by molar-refractivity contribution is 0.446. The van der Waals surface area contributed by atoms with Crippen LogP contribution in [0.2, 0.25) is 0 Å². The standard InChI is InChI=1S/C14H18N4/c1-10-4-2-3-5-12(10)14-16-13(17-18-14)11-6-8-15-9-7-11/h2-5,11,15H,6-9H2,1H3,(H,16,17,18). The van der Waals surface area contributed by atoms with E-state index >= 15 is 0 Å². The predicted octanol–water partition coefficient (Wildman–Crippen LogP) is 2.25. The summed E-state index contributed by atoms with van der Waals surface area (Å²) in [5.41, 5.74) is 2.34. The van der Waals surface area contributed by atoms with Crippen LogP contribution in [0.15, 0.2) is 24.3 Å². The molecule has 0 saturated carbocycles. The molecule has 1 aliphatic rings. The van der Waals surface area contributed by atoms with E-state index in [-0.39, 0.29) is 0 Å². The lowest BCUT2D eigenvalue weighted by atomic mass is 9.97. The van der Waals surface area contributed by atoms with Gasteiger partial charge >= 0.3 is 0 Å². The van der Waals surface area contributed by atoms with Crippen molar-refractivity contribution in [2.45, 2.75) is 25.7 Å². The molecule has 1 saturated heterocycles. The molecule has 0 atom stereocenters. The second-order valence-corrected chi connectivity index (χ2v) is 4.88. The van der Waals surface area contributed by atoms with Crippen LogP contribution >= 0.6 is 0 Å². The van der Waals surface area contributed by atoms with Gasteiger partial charge in [-0.1, -0.05) is 24.3 Å². The first-order valence-electron chi connectivity index (χ1n) is 6.53. The molecule has 4 heteroatoms. The van der Waals surface area contributed by atoms with Crippen LogP contribution in [0.1, 0.15) is 30.1 Å². The van der Waals surface area contributed by atoms with Gasteiger partial charge in [0.25, 0.3) is 0 Å². The maximum Gasteiger partial charge on any atom is 0.181 e. The molecule has 0 unspecified atom stereocenters. The van der Waals surface area contributed by atoms with Crippen molar-refractivity contribution in [2.75, 3.05) is 13.1 Å². The zero-order valence-corrected chi connectivity index (χ0v) is 10.6. The van der Waals surface area contributed by atoms with Crippen LogP contribution in [0.4, 0.5) is 0 Å². The zero-order valence-electron chi connectivity index (χ0n) is 10.6. The lowest BCUT2D eigenvalue weighted by Gasteiger charge is -2.19. The molecule has 2 heterocycles. The van der Waals surface area contributed by atoms with Gasteiger partial charge in [0, 0.05) is 11.5 Å². The van der Waals surface area contributed by atoms with Gasteiger partial charge in [-0.25, -0.2) is 4.98 Å². The molecule has 0 amide bonds. The van der Waals surface area contributed by atoms with E-state index in [1.54, 1.807) is 0 Å². The molecule has 94 valence electrons. The Labute approximate surface area is 107 Å². The minimum absolute atomic E-state index is 0.525. The zero-order chi connectivity index (χ0) is 12.4. The largest absolute Gasteiger partial charge is 0.317 e. The summed E-state index contributed by atoms with van der Waals surface area (Å²) < 4.78 is 0. The number of H-pyrrole nitrogens is 1. The number of piperidine rings is 1. The Balaban J connectivity index is 1.87. The Bertz CT molecular complexity index is 526. The van der Waals surface area contributed by atoms with E-state index in [1.807, 2.05) is 12.1 Å². The highest BCUT2D eigenvalue weighted by molar-refractivity contribution is 5.59. The Morgan fingerprint density at radius 1 is 1.17 bits per heavy atom. The average molecular weight is 242 g/mol. The van der Waals surface area contributed by atoms with E-state index in [4.69, 9.17) is 0 Å². The molecule has 1 fully saturated rings. The Kier molecular flexibility index (Phi) is 3.11. The number of benzene rings is 1. The molecular formula is C14H18N4. The number of aromatic nitrogens is 3. The first-order valence-corrected chi connectivity index (χ1v) is 6.53. The summed E-state index contributed by atoms with van der Waals surface area (Å²) in [4.78, 5) is 4.67. The summed E-state index contributed by atoms with van der Waals surface area (Å²) in [6.07, 6.45) is 2.28. The first-order chi connectivity index (χ1) is 8.84. The number of hydrogen-bond acceptors (Lipinski definition) is 3. The molecule has 18 heavy (non-hydrogen) atoms. The van der Waals surface area contributed by atoms with Crippen LogP contribution in [-0.4, -0.2) is 28.3 Å². The van der Waals surface area contributed by atoms with E-state index in [9.17, 15) is 0 Å². The Hall–Kier alpha value is -1.68. The molecule has 0 bridgehead atoms. The van der Waals surface area contributed by atoms with Gasteiger partial charge < -0.3 is 5.32 Å². The summed E-state index contributed by atoms with van der Waals surface area (Å²) in [6.45, 7) is 4.24. The fraction of sp³-hybridized carbons (Fsp3) is 0.429. The lowest BCUT2D eigenvalue weighted by Crippen LogP contribution is -2.27. The number of nitrogens with one attached hydrogen (secondary N) is 2. The third kappa shape index (κ3) is 2.16. The smallest absolute Gasteiger partial charge is 0.181 e. The number of aryl methyl sites for hydroxylation is 1. The Morgan fingerprint density at radius 2 is 1.94 bits per heavy atom. The van der Waals surface area contributed by atoms with E-state index in [2.05, 4.69) is 39.6 Å². The van der Waals surface area contributed by atoms with Crippen LogP contribution < -0.4 is 5.32 Å². The highest BCUT2D eigenvalue weighted by Gasteiger charge is 2.19. The van der Waals surface area contributed by atoms with E-state index in [0.717, 1.165) is 43.1 Å². The van der Waals surface area contributed by atoms with Gasteiger partial charge in [0.1, 0.15) is 5.82 Å². The van der Waals surface area contributed by atoms with Crippen LogP contribution in [-0.2, 0) is 0 Å². The molecule has 1 aromatic heterocycles. The molecule has 1 aliphatic heterocycles. The van der Waals surface area contributed by atoms with Gasteiger partial charge in [-0.05, 0) is 38.4 Å². The molecule has 3 rings (SSSR count). The summed E-state index contributed by atoms with van der Waals surface area (Å²) in [5.74, 6) is 2.38. The normalized spacial score (nSPS) is 16.9. The SMILES string of the molecule is Cc1ccccc1-c1n[nH]c(C2CCNCC2)n1. The van der Waals surface area contributed by atoms with Crippen molar-refractivity contribution >= 4 is 0 Å². The van der Waals surface area contributed by atoms with Crippen LogP contribution in [0, 0.1) is 6.92 Å². The van der Waals surface area contributed by atoms with Gasteiger partial charge in [-0.3, -0.25) is 5.10 Å².